The van der Waals surface area contributed by atoms with Crippen LogP contribution in [-0.2, 0) is 4.74 Å². The van der Waals surface area contributed by atoms with Gasteiger partial charge in [0.15, 0.2) is 11.3 Å². The summed E-state index contributed by atoms with van der Waals surface area (Å²) in [5.74, 6) is -0.597. The average molecular weight is 343 g/mol. The molecule has 23 heavy (non-hydrogen) atoms. The molecular formula is C14H17ClN3O5-. The average Bonchev–Trinajstić information content (AvgIpc) is 2.94. The van der Waals surface area contributed by atoms with E-state index in [4.69, 9.17) is 9.26 Å². The summed E-state index contributed by atoms with van der Waals surface area (Å²) < 4.78 is 10.1. The predicted molar refractivity (Wildman–Crippen MR) is 78.7 cm³/mol. The number of ether oxygens (including phenoxy) is 1. The highest BCUT2D eigenvalue weighted by molar-refractivity contribution is 6.01. The van der Waals surface area contributed by atoms with Crippen LogP contribution in [0.3, 0.4) is 0 Å². The van der Waals surface area contributed by atoms with Gasteiger partial charge in [-0.2, -0.15) is 0 Å². The van der Waals surface area contributed by atoms with Crippen molar-refractivity contribution in [2.24, 2.45) is 0 Å². The molecule has 0 radical (unpaired) electrons. The van der Waals surface area contributed by atoms with E-state index in [0.717, 1.165) is 13.1 Å². The molecule has 9 heteroatoms. The number of nitro groups is 1. The fraction of sp³-hybridized carbons (Fsp3) is 0.429. The van der Waals surface area contributed by atoms with Crippen LogP contribution in [0.15, 0.2) is 22.7 Å². The molecule has 0 saturated heterocycles. The minimum Gasteiger partial charge on any atom is -1.00 e. The van der Waals surface area contributed by atoms with Gasteiger partial charge in [0.2, 0.25) is 0 Å². The number of esters is 1. The second kappa shape index (κ2) is 8.44. The molecule has 2 aromatic rings. The van der Waals surface area contributed by atoms with Gasteiger partial charge in [0.25, 0.3) is 5.69 Å². The molecule has 2 rings (SSSR count). The number of likely N-dealkylation sites (N-methyl/N-ethyl adjacent to an activating group) is 1. The molecule has 0 aliphatic rings. The van der Waals surface area contributed by atoms with Crippen molar-refractivity contribution in [1.29, 1.82) is 0 Å². The predicted octanol–water partition coefficient (Wildman–Crippen LogP) is -0.761. The molecule has 1 aromatic carbocycles. The second-order valence-corrected chi connectivity index (χ2v) is 4.63. The summed E-state index contributed by atoms with van der Waals surface area (Å²) in [6.45, 7) is 6.71. The number of fused-ring (bicyclic) bond motifs is 1. The highest BCUT2D eigenvalue weighted by Gasteiger charge is 2.19. The van der Waals surface area contributed by atoms with Gasteiger partial charge in [-0.15, -0.1) is 0 Å². The van der Waals surface area contributed by atoms with Crippen molar-refractivity contribution in [1.82, 2.24) is 10.1 Å². The van der Waals surface area contributed by atoms with Crippen LogP contribution in [0.25, 0.3) is 11.0 Å². The van der Waals surface area contributed by atoms with Crippen LogP contribution in [0.1, 0.15) is 24.3 Å². The molecule has 0 saturated carbocycles. The molecule has 1 heterocycles. The Morgan fingerprint density at radius 1 is 1.39 bits per heavy atom. The van der Waals surface area contributed by atoms with Crippen LogP contribution in [0.5, 0.6) is 0 Å². The Morgan fingerprint density at radius 3 is 2.70 bits per heavy atom. The first-order valence-electron chi connectivity index (χ1n) is 7.00. The molecule has 0 spiro atoms. The molecule has 0 N–H and O–H groups in total. The lowest BCUT2D eigenvalue weighted by atomic mass is 10.2. The summed E-state index contributed by atoms with van der Waals surface area (Å²) >= 11 is 0. The van der Waals surface area contributed by atoms with E-state index in [1.165, 1.54) is 18.2 Å². The van der Waals surface area contributed by atoms with Crippen molar-refractivity contribution in [3.05, 3.63) is 34.0 Å². The molecular weight excluding hydrogens is 326 g/mol. The minimum atomic E-state index is -0.597. The Morgan fingerprint density at radius 2 is 2.09 bits per heavy atom. The molecule has 0 atom stereocenters. The number of rotatable bonds is 7. The van der Waals surface area contributed by atoms with Crippen molar-refractivity contribution < 1.29 is 31.4 Å². The molecule has 0 fully saturated rings. The third-order valence-corrected chi connectivity index (χ3v) is 3.39. The second-order valence-electron chi connectivity index (χ2n) is 4.63. The molecule has 1 aromatic heterocycles. The van der Waals surface area contributed by atoms with Crippen LogP contribution < -0.4 is 12.4 Å². The molecule has 0 bridgehead atoms. The van der Waals surface area contributed by atoms with Crippen LogP contribution in [0.4, 0.5) is 5.69 Å². The van der Waals surface area contributed by atoms with Gasteiger partial charge in [-0.1, -0.05) is 19.0 Å². The number of carbonyl (C=O) groups is 1. The first-order valence-corrected chi connectivity index (χ1v) is 7.00. The van der Waals surface area contributed by atoms with E-state index >= 15 is 0 Å². The Kier molecular flexibility index (Phi) is 6.92. The lowest BCUT2D eigenvalue weighted by Crippen LogP contribution is -3.00. The normalized spacial score (nSPS) is 10.6. The number of halogens is 1. The monoisotopic (exact) mass is 342 g/mol. The smallest absolute Gasteiger partial charge is 0.361 e. The van der Waals surface area contributed by atoms with Gasteiger partial charge in [-0.25, -0.2) is 4.79 Å². The van der Waals surface area contributed by atoms with E-state index in [2.05, 4.69) is 10.1 Å². The summed E-state index contributed by atoms with van der Waals surface area (Å²) in [6, 6.07) is 3.96. The summed E-state index contributed by atoms with van der Waals surface area (Å²) in [6.07, 6.45) is 0. The van der Waals surface area contributed by atoms with Crippen molar-refractivity contribution >= 4 is 22.6 Å². The Bertz CT molecular complexity index is 684. The molecule has 0 amide bonds. The standard InChI is InChI=1S/C14H17N3O5.ClH/c1-3-16(4-2)7-8-21-14(18)13-11-6-5-10(17(19)20)9-12(11)22-15-13;/h5-6,9H,3-4,7-8H2,1-2H3;1H/p-1. The summed E-state index contributed by atoms with van der Waals surface area (Å²) in [5, 5.41) is 14.7. The van der Waals surface area contributed by atoms with Crippen LogP contribution in [0.2, 0.25) is 0 Å². The van der Waals surface area contributed by atoms with Crippen molar-refractivity contribution in [3.63, 3.8) is 0 Å². The van der Waals surface area contributed by atoms with Crippen molar-refractivity contribution in [2.45, 2.75) is 13.8 Å². The van der Waals surface area contributed by atoms with Gasteiger partial charge in [0.05, 0.1) is 16.4 Å². The van der Waals surface area contributed by atoms with Gasteiger partial charge in [0.1, 0.15) is 6.61 Å². The third kappa shape index (κ3) is 4.40. The number of hydrogen-bond acceptors (Lipinski definition) is 7. The fourth-order valence-corrected chi connectivity index (χ4v) is 2.06. The van der Waals surface area contributed by atoms with Crippen LogP contribution in [-0.4, -0.2) is 47.2 Å². The molecule has 8 nitrogen and oxygen atoms in total. The highest BCUT2D eigenvalue weighted by atomic mass is 35.5. The van der Waals surface area contributed by atoms with Crippen molar-refractivity contribution in [3.8, 4) is 0 Å². The number of nitro benzene ring substituents is 1. The van der Waals surface area contributed by atoms with E-state index in [-0.39, 0.29) is 36.0 Å². The summed E-state index contributed by atoms with van der Waals surface area (Å²) in [5.41, 5.74) is 0.0967. The topological polar surface area (TPSA) is 98.7 Å². The SMILES string of the molecule is CCN(CC)CCOC(=O)c1noc2cc([N+](=O)[O-])ccc12.[Cl-]. The Labute approximate surface area is 138 Å². The fourth-order valence-electron chi connectivity index (χ4n) is 2.06. The van der Waals surface area contributed by atoms with Gasteiger partial charge >= 0.3 is 5.97 Å². The van der Waals surface area contributed by atoms with Gasteiger partial charge in [0, 0.05) is 12.6 Å². The molecule has 126 valence electrons. The number of nitrogens with zero attached hydrogens (tertiary/aromatic N) is 3. The number of benzene rings is 1. The van der Waals surface area contributed by atoms with E-state index in [1.807, 2.05) is 13.8 Å². The van der Waals surface area contributed by atoms with E-state index in [1.54, 1.807) is 0 Å². The molecule has 0 aliphatic carbocycles. The largest absolute Gasteiger partial charge is 1.00 e. The Hall–Kier alpha value is -2.19. The van der Waals surface area contributed by atoms with E-state index in [9.17, 15) is 14.9 Å². The maximum atomic E-state index is 12.0. The van der Waals surface area contributed by atoms with Crippen molar-refractivity contribution in [2.75, 3.05) is 26.2 Å². The maximum Gasteiger partial charge on any atom is 0.361 e. The minimum absolute atomic E-state index is 0. The lowest BCUT2D eigenvalue weighted by molar-refractivity contribution is -0.384. The lowest BCUT2D eigenvalue weighted by Gasteiger charge is -2.17. The third-order valence-electron chi connectivity index (χ3n) is 3.39. The first-order chi connectivity index (χ1) is 10.6. The van der Waals surface area contributed by atoms with E-state index < -0.39 is 10.9 Å². The quantitative estimate of drug-likeness (QED) is 0.370. The zero-order chi connectivity index (χ0) is 16.1. The van der Waals surface area contributed by atoms with Gasteiger partial charge in [-0.05, 0) is 19.2 Å². The van der Waals surface area contributed by atoms with Gasteiger partial charge in [-0.3, -0.25) is 10.1 Å². The van der Waals surface area contributed by atoms with Crippen LogP contribution >= 0.6 is 0 Å². The van der Waals surface area contributed by atoms with Crippen LogP contribution in [0, 0.1) is 10.1 Å². The molecule has 0 aliphatic heterocycles. The van der Waals surface area contributed by atoms with E-state index in [0.29, 0.717) is 11.9 Å². The zero-order valence-corrected chi connectivity index (χ0v) is 13.6. The number of aromatic nitrogens is 1. The summed E-state index contributed by atoms with van der Waals surface area (Å²) in [7, 11) is 0. The zero-order valence-electron chi connectivity index (χ0n) is 12.8. The number of non-ortho nitro benzene ring substituents is 1. The first kappa shape index (κ1) is 18.9. The summed E-state index contributed by atoms with van der Waals surface area (Å²) in [4.78, 5) is 24.3. The highest BCUT2D eigenvalue weighted by Crippen LogP contribution is 2.24. The Balaban J connectivity index is 0.00000264. The molecule has 0 unspecified atom stereocenters. The number of hydrogen-bond donors (Lipinski definition) is 0. The maximum absolute atomic E-state index is 12.0. The van der Waals surface area contributed by atoms with Gasteiger partial charge < -0.3 is 26.6 Å². The number of carbonyl (C=O) groups excluding carboxylic acids is 1.